The van der Waals surface area contributed by atoms with Gasteiger partial charge in [0.2, 0.25) is 0 Å². The summed E-state index contributed by atoms with van der Waals surface area (Å²) < 4.78 is 26.2. The first-order valence-corrected chi connectivity index (χ1v) is 12.0. The fraction of sp³-hybridized carbons (Fsp3) is 0.333. The van der Waals surface area contributed by atoms with Crippen LogP contribution >= 0.6 is 23.4 Å². The lowest BCUT2D eigenvalue weighted by Gasteiger charge is -2.16. The Hall–Kier alpha value is -2.55. The van der Waals surface area contributed by atoms with Crippen LogP contribution in [0, 0.1) is 0 Å². The van der Waals surface area contributed by atoms with Crippen molar-refractivity contribution in [3.8, 4) is 17.2 Å². The van der Waals surface area contributed by atoms with Crippen molar-refractivity contribution in [2.75, 3.05) is 20.3 Å². The molecule has 1 fully saturated rings. The van der Waals surface area contributed by atoms with Crippen molar-refractivity contribution >= 4 is 23.4 Å². The van der Waals surface area contributed by atoms with Gasteiger partial charge >= 0.3 is 0 Å². The van der Waals surface area contributed by atoms with Gasteiger partial charge in [-0.2, -0.15) is 0 Å². The van der Waals surface area contributed by atoms with Crippen molar-refractivity contribution in [1.82, 2.24) is 14.9 Å². The minimum atomic E-state index is -0.834. The first-order chi connectivity index (χ1) is 16.0. The molecule has 3 heterocycles. The van der Waals surface area contributed by atoms with Gasteiger partial charge in [-0.1, -0.05) is 23.7 Å². The summed E-state index contributed by atoms with van der Waals surface area (Å²) in [5.74, 6) is 1.05. The zero-order valence-electron chi connectivity index (χ0n) is 18.0. The molecule has 33 heavy (non-hydrogen) atoms. The molecular formula is C24H23ClFN3O3S. The highest BCUT2D eigenvalue weighted by molar-refractivity contribution is 7.99. The molecule has 1 N–H and O–H groups in total. The highest BCUT2D eigenvalue weighted by Crippen LogP contribution is 2.44. The van der Waals surface area contributed by atoms with Gasteiger partial charge in [0.1, 0.15) is 19.1 Å². The number of ether oxygens (including phenoxy) is 2. The maximum atomic E-state index is 13.4. The topological polar surface area (TPSA) is 65.4 Å². The van der Waals surface area contributed by atoms with E-state index in [0.29, 0.717) is 53.1 Å². The monoisotopic (exact) mass is 487 g/mol. The second-order valence-electron chi connectivity index (χ2n) is 8.14. The number of halogens is 2. The van der Waals surface area contributed by atoms with Gasteiger partial charge in [0.05, 0.1) is 23.4 Å². The number of nitrogens with zero attached hydrogens (tertiary/aromatic N) is 2. The summed E-state index contributed by atoms with van der Waals surface area (Å²) in [5, 5.41) is 3.92. The Morgan fingerprint density at radius 1 is 1.24 bits per heavy atom. The van der Waals surface area contributed by atoms with Gasteiger partial charge in [-0.25, -0.2) is 9.37 Å². The van der Waals surface area contributed by atoms with Crippen molar-refractivity contribution in [3.05, 3.63) is 75.4 Å². The Kier molecular flexibility index (Phi) is 6.32. The summed E-state index contributed by atoms with van der Waals surface area (Å²) in [5.41, 5.74) is 2.45. The van der Waals surface area contributed by atoms with Gasteiger partial charge < -0.3 is 14.8 Å². The second kappa shape index (κ2) is 9.37. The Balaban J connectivity index is 1.36. The maximum absolute atomic E-state index is 13.4. The lowest BCUT2D eigenvalue weighted by molar-refractivity contribution is 0.256. The molecule has 1 aromatic heterocycles. The number of aromatic nitrogens is 2. The highest BCUT2D eigenvalue weighted by Gasteiger charge is 2.29. The Bertz CT molecular complexity index is 1220. The predicted molar refractivity (Wildman–Crippen MR) is 127 cm³/mol. The average molecular weight is 488 g/mol. The van der Waals surface area contributed by atoms with Crippen LogP contribution in [-0.4, -0.2) is 42.0 Å². The third-order valence-corrected chi connectivity index (χ3v) is 7.54. The Morgan fingerprint density at radius 2 is 2.06 bits per heavy atom. The SMILES string of the molecule is COc1cc(-n2cnc3c(c2=O)SC(c2ccc(Cl)cc2)C3)ccc1OC[C@@H]1C[C@H](F)CN1. The molecule has 0 radical (unpaired) electrons. The normalized spacial score (nSPS) is 21.7. The predicted octanol–water partition coefficient (Wildman–Crippen LogP) is 4.36. The molecular weight excluding hydrogens is 465 g/mol. The van der Waals surface area contributed by atoms with Crippen LogP contribution in [0.15, 0.2) is 58.5 Å². The van der Waals surface area contributed by atoms with E-state index in [1.807, 2.05) is 24.3 Å². The van der Waals surface area contributed by atoms with Crippen LogP contribution in [0.5, 0.6) is 11.5 Å². The lowest BCUT2D eigenvalue weighted by atomic mass is 10.1. The summed E-state index contributed by atoms with van der Waals surface area (Å²) in [4.78, 5) is 18.5. The molecule has 1 saturated heterocycles. The largest absolute Gasteiger partial charge is 0.493 e. The van der Waals surface area contributed by atoms with Crippen molar-refractivity contribution in [2.45, 2.75) is 35.2 Å². The van der Waals surface area contributed by atoms with Crippen LogP contribution < -0.4 is 20.3 Å². The fourth-order valence-electron chi connectivity index (χ4n) is 4.15. The second-order valence-corrected chi connectivity index (χ2v) is 9.79. The van der Waals surface area contributed by atoms with Crippen LogP contribution in [0.1, 0.15) is 22.9 Å². The van der Waals surface area contributed by atoms with Crippen molar-refractivity contribution in [3.63, 3.8) is 0 Å². The number of alkyl halides is 1. The number of nitrogens with one attached hydrogen (secondary N) is 1. The average Bonchev–Trinajstić information content (AvgIpc) is 3.45. The molecule has 3 atom stereocenters. The molecule has 0 spiro atoms. The molecule has 5 rings (SSSR count). The summed E-state index contributed by atoms with van der Waals surface area (Å²) in [6.45, 7) is 0.703. The van der Waals surface area contributed by atoms with Crippen molar-refractivity contribution in [2.24, 2.45) is 0 Å². The summed E-state index contributed by atoms with van der Waals surface area (Å²) in [6, 6.07) is 13.0. The van der Waals surface area contributed by atoms with Crippen molar-refractivity contribution < 1.29 is 13.9 Å². The number of hydrogen-bond acceptors (Lipinski definition) is 6. The molecule has 6 nitrogen and oxygen atoms in total. The van der Waals surface area contributed by atoms with E-state index in [0.717, 1.165) is 11.3 Å². The zero-order valence-corrected chi connectivity index (χ0v) is 19.5. The molecule has 2 aliphatic heterocycles. The zero-order chi connectivity index (χ0) is 22.9. The minimum Gasteiger partial charge on any atom is -0.493 e. The fourth-order valence-corrected chi connectivity index (χ4v) is 5.57. The van der Waals surface area contributed by atoms with Gasteiger partial charge in [-0.3, -0.25) is 9.36 Å². The van der Waals surface area contributed by atoms with Gasteiger partial charge in [0.15, 0.2) is 11.5 Å². The molecule has 0 saturated carbocycles. The van der Waals surface area contributed by atoms with Crippen LogP contribution in [0.2, 0.25) is 5.02 Å². The molecule has 2 aliphatic rings. The van der Waals surface area contributed by atoms with Crippen LogP contribution in [-0.2, 0) is 6.42 Å². The number of fused-ring (bicyclic) bond motifs is 1. The smallest absolute Gasteiger partial charge is 0.271 e. The number of benzene rings is 2. The number of methoxy groups -OCH3 is 1. The van der Waals surface area contributed by atoms with E-state index < -0.39 is 6.17 Å². The highest BCUT2D eigenvalue weighted by atomic mass is 35.5. The van der Waals surface area contributed by atoms with Gasteiger partial charge in [-0.15, -0.1) is 11.8 Å². The molecule has 1 unspecified atom stereocenters. The number of rotatable bonds is 6. The van der Waals surface area contributed by atoms with E-state index in [4.69, 9.17) is 21.1 Å². The third kappa shape index (κ3) is 4.60. The summed E-state index contributed by atoms with van der Waals surface area (Å²) in [6.07, 6.45) is 1.86. The Labute approximate surface area is 200 Å². The molecule has 9 heteroatoms. The van der Waals surface area contributed by atoms with E-state index in [2.05, 4.69) is 10.3 Å². The molecule has 3 aromatic rings. The van der Waals surface area contributed by atoms with E-state index in [1.54, 1.807) is 31.6 Å². The van der Waals surface area contributed by atoms with Crippen LogP contribution in [0.25, 0.3) is 5.69 Å². The minimum absolute atomic E-state index is 0.0291. The first kappa shape index (κ1) is 22.3. The molecule has 0 bridgehead atoms. The number of hydrogen-bond donors (Lipinski definition) is 1. The molecule has 172 valence electrons. The Morgan fingerprint density at radius 3 is 2.79 bits per heavy atom. The van der Waals surface area contributed by atoms with E-state index in [9.17, 15) is 9.18 Å². The maximum Gasteiger partial charge on any atom is 0.271 e. The summed E-state index contributed by atoms with van der Waals surface area (Å²) in [7, 11) is 1.55. The standard InChI is InChI=1S/C24H23ClFN3O3S/c1-31-21-9-18(6-7-20(21)32-12-17-8-16(26)11-27-17)29-13-28-19-10-22(33-23(19)24(29)30)14-2-4-15(25)5-3-14/h2-7,9,13,16-17,22,27H,8,10-12H2,1H3/t16-,17-,22?/m0/s1. The van der Waals surface area contributed by atoms with Crippen LogP contribution in [0.4, 0.5) is 4.39 Å². The van der Waals surface area contributed by atoms with Crippen molar-refractivity contribution in [1.29, 1.82) is 0 Å². The molecule has 0 aliphatic carbocycles. The quantitative estimate of drug-likeness (QED) is 0.557. The van der Waals surface area contributed by atoms with Gasteiger partial charge in [0.25, 0.3) is 5.56 Å². The van der Waals surface area contributed by atoms with Gasteiger partial charge in [0, 0.05) is 35.3 Å². The molecule has 0 amide bonds. The summed E-state index contributed by atoms with van der Waals surface area (Å²) >= 11 is 7.54. The third-order valence-electron chi connectivity index (χ3n) is 5.92. The van der Waals surface area contributed by atoms with E-state index in [1.165, 1.54) is 16.3 Å². The van der Waals surface area contributed by atoms with Crippen LogP contribution in [0.3, 0.4) is 0 Å². The van der Waals surface area contributed by atoms with Gasteiger partial charge in [-0.05, 0) is 36.2 Å². The first-order valence-electron chi connectivity index (χ1n) is 10.7. The number of thioether (sulfide) groups is 1. The van der Waals surface area contributed by atoms with E-state index in [-0.39, 0.29) is 16.9 Å². The lowest BCUT2D eigenvalue weighted by Crippen LogP contribution is -2.28. The molecule has 2 aromatic carbocycles. The van der Waals surface area contributed by atoms with E-state index >= 15 is 0 Å².